The summed E-state index contributed by atoms with van der Waals surface area (Å²) in [6.45, 7) is 4.17. The largest absolute Gasteiger partial charge is 0.513 e. The van der Waals surface area contributed by atoms with Crippen LogP contribution in [0.25, 0.3) is 39.0 Å². The molecule has 167 valence electrons. The Balaban J connectivity index is 0.000000157. The summed E-state index contributed by atoms with van der Waals surface area (Å²) in [5.41, 5.74) is 7.47. The summed E-state index contributed by atoms with van der Waals surface area (Å²) in [7, 11) is 1.86. The molecule has 3 aromatic carbocycles. The SMILES string of the molecule is C[n+]1[c-]n2c(c1)oc1cccc(O)c12.Cc1[c-]c(-c2ccc3ccccc3n2)cc(C)c1.[Ir]. The normalized spacial score (nSPS) is 10.8. The summed E-state index contributed by atoms with van der Waals surface area (Å²) in [5, 5.41) is 10.8. The number of aromatic hydroxyl groups is 1. The smallest absolute Gasteiger partial charge is 0.246 e. The zero-order chi connectivity index (χ0) is 22.2. The Labute approximate surface area is 205 Å². The number of nitrogens with zero attached hydrogens (tertiary/aromatic N) is 3. The van der Waals surface area contributed by atoms with Gasteiger partial charge >= 0.3 is 0 Å². The van der Waals surface area contributed by atoms with E-state index in [1.54, 1.807) is 27.3 Å². The van der Waals surface area contributed by atoms with Crippen molar-refractivity contribution in [1.29, 1.82) is 0 Å². The van der Waals surface area contributed by atoms with Crippen LogP contribution in [0.15, 0.2) is 77.3 Å². The van der Waals surface area contributed by atoms with Gasteiger partial charge in [-0.3, -0.25) is 9.38 Å². The maximum absolute atomic E-state index is 9.66. The summed E-state index contributed by atoms with van der Waals surface area (Å²) >= 11 is 0. The minimum atomic E-state index is 0. The molecule has 0 saturated heterocycles. The molecule has 0 fully saturated rings. The first kappa shape index (κ1) is 22.7. The van der Waals surface area contributed by atoms with Crippen LogP contribution < -0.4 is 4.57 Å². The van der Waals surface area contributed by atoms with E-state index in [0.29, 0.717) is 16.8 Å². The summed E-state index contributed by atoms with van der Waals surface area (Å²) < 4.78 is 8.96. The fourth-order valence-electron chi connectivity index (χ4n) is 3.87. The van der Waals surface area contributed by atoms with Gasteiger partial charge in [-0.25, -0.2) is 0 Å². The van der Waals surface area contributed by atoms with Crippen molar-refractivity contribution in [2.75, 3.05) is 0 Å². The standard InChI is InChI=1S/C17H14N.C10H8N2O2.Ir/c1-12-9-13(2)11-15(10-12)17-8-7-14-5-3-4-6-16(14)18-17;1-11-5-9-12(6-11)10-7(13)3-2-4-8(10)14-9;/h3-10H,1-2H3;2-5,13H,1H3;/q-1;;. The number of imidazole rings is 1. The van der Waals surface area contributed by atoms with Crippen LogP contribution in [0.3, 0.4) is 0 Å². The quantitative estimate of drug-likeness (QED) is 0.202. The number of phenols is 1. The van der Waals surface area contributed by atoms with E-state index in [4.69, 9.17) is 9.40 Å². The van der Waals surface area contributed by atoms with Crippen LogP contribution >= 0.6 is 0 Å². The average Bonchev–Trinajstić information content (AvgIpc) is 3.29. The number of para-hydroxylation sites is 2. The molecular formula is C27H22IrN3O2-. The number of hydrogen-bond acceptors (Lipinski definition) is 3. The number of fused-ring (bicyclic) bond motifs is 4. The fourth-order valence-corrected chi connectivity index (χ4v) is 3.87. The van der Waals surface area contributed by atoms with Gasteiger partial charge in [0.15, 0.2) is 0 Å². The number of aryl methyl sites for hydroxylation is 3. The van der Waals surface area contributed by atoms with Crippen LogP contribution in [0.5, 0.6) is 5.75 Å². The van der Waals surface area contributed by atoms with E-state index in [1.165, 1.54) is 10.9 Å². The Morgan fingerprint density at radius 2 is 1.82 bits per heavy atom. The minimum absolute atomic E-state index is 0. The first-order chi connectivity index (χ1) is 15.5. The van der Waals surface area contributed by atoms with Gasteiger partial charge in [-0.15, -0.1) is 34.9 Å². The van der Waals surface area contributed by atoms with E-state index >= 15 is 0 Å². The van der Waals surface area contributed by atoms with Crippen molar-refractivity contribution in [3.63, 3.8) is 0 Å². The van der Waals surface area contributed by atoms with E-state index in [2.05, 4.69) is 56.6 Å². The van der Waals surface area contributed by atoms with Crippen LogP contribution in [-0.2, 0) is 27.2 Å². The molecule has 3 aromatic heterocycles. The van der Waals surface area contributed by atoms with E-state index in [0.717, 1.165) is 22.3 Å². The van der Waals surface area contributed by atoms with Crippen molar-refractivity contribution in [1.82, 2.24) is 9.38 Å². The third-order valence-electron chi connectivity index (χ3n) is 5.22. The molecule has 0 spiro atoms. The maximum atomic E-state index is 9.66. The van der Waals surface area contributed by atoms with Gasteiger partial charge in [-0.1, -0.05) is 50.2 Å². The van der Waals surface area contributed by atoms with E-state index in [9.17, 15) is 5.11 Å². The minimum Gasteiger partial charge on any atom is -0.513 e. The zero-order valence-electron chi connectivity index (χ0n) is 18.5. The second kappa shape index (κ2) is 9.18. The molecule has 0 aliphatic heterocycles. The van der Waals surface area contributed by atoms with Gasteiger partial charge < -0.3 is 14.1 Å². The first-order valence-electron chi connectivity index (χ1n) is 10.4. The van der Waals surface area contributed by atoms with E-state index in [-0.39, 0.29) is 25.9 Å². The molecule has 1 radical (unpaired) electrons. The molecule has 0 unspecified atom stereocenters. The van der Waals surface area contributed by atoms with Gasteiger partial charge in [0.25, 0.3) is 0 Å². The third kappa shape index (κ3) is 4.54. The van der Waals surface area contributed by atoms with Crippen LogP contribution in [-0.4, -0.2) is 14.5 Å². The van der Waals surface area contributed by atoms with Gasteiger partial charge in [0, 0.05) is 20.1 Å². The molecule has 0 bridgehead atoms. The van der Waals surface area contributed by atoms with Gasteiger partial charge in [-0.05, 0) is 29.3 Å². The second-order valence-corrected chi connectivity index (χ2v) is 7.88. The Morgan fingerprint density at radius 1 is 1.00 bits per heavy atom. The molecule has 1 N–H and O–H groups in total. The second-order valence-electron chi connectivity index (χ2n) is 7.88. The average molecular weight is 613 g/mol. The summed E-state index contributed by atoms with van der Waals surface area (Å²) in [4.78, 5) is 4.70. The van der Waals surface area contributed by atoms with Crippen molar-refractivity contribution in [2.45, 2.75) is 13.8 Å². The Kier molecular flexibility index (Phi) is 6.32. The zero-order valence-corrected chi connectivity index (χ0v) is 20.9. The van der Waals surface area contributed by atoms with Crippen molar-refractivity contribution in [3.05, 3.63) is 96.4 Å². The number of oxazole rings is 1. The maximum Gasteiger partial charge on any atom is 0.246 e. The fraction of sp³-hybridized carbons (Fsp3) is 0.111. The Morgan fingerprint density at radius 3 is 2.64 bits per heavy atom. The molecule has 3 heterocycles. The molecule has 0 aliphatic carbocycles. The van der Waals surface area contributed by atoms with Gasteiger partial charge in [0.05, 0.1) is 18.8 Å². The van der Waals surface area contributed by atoms with Crippen molar-refractivity contribution >= 4 is 27.7 Å². The van der Waals surface area contributed by atoms with Crippen molar-refractivity contribution in [2.24, 2.45) is 7.05 Å². The van der Waals surface area contributed by atoms with E-state index < -0.39 is 0 Å². The molecule has 33 heavy (non-hydrogen) atoms. The van der Waals surface area contributed by atoms with Crippen LogP contribution in [0.4, 0.5) is 0 Å². The Hall–Kier alpha value is -3.47. The number of benzene rings is 3. The van der Waals surface area contributed by atoms with Crippen molar-refractivity contribution < 1.29 is 34.2 Å². The van der Waals surface area contributed by atoms with Gasteiger partial charge in [0.1, 0.15) is 16.8 Å². The molecular weight excluding hydrogens is 591 g/mol. The van der Waals surface area contributed by atoms with Gasteiger partial charge in [0.2, 0.25) is 12.0 Å². The number of hydrogen-bond donors (Lipinski definition) is 1. The number of aromatic nitrogens is 3. The molecule has 6 rings (SSSR count). The molecule has 5 nitrogen and oxygen atoms in total. The number of phenolic OH excluding ortho intramolecular Hbond substituents is 1. The summed E-state index contributed by atoms with van der Waals surface area (Å²) in [6.07, 6.45) is 4.81. The predicted octanol–water partition coefficient (Wildman–Crippen LogP) is 5.33. The summed E-state index contributed by atoms with van der Waals surface area (Å²) in [6, 6.07) is 25.2. The van der Waals surface area contributed by atoms with Crippen molar-refractivity contribution in [3.8, 4) is 17.0 Å². The molecule has 0 saturated carbocycles. The molecule has 0 amide bonds. The third-order valence-corrected chi connectivity index (χ3v) is 5.22. The van der Waals surface area contributed by atoms with E-state index in [1.807, 2.05) is 31.3 Å². The Bertz CT molecular complexity index is 1560. The molecule has 6 heteroatoms. The summed E-state index contributed by atoms with van der Waals surface area (Å²) in [5.74, 6) is 0.203. The van der Waals surface area contributed by atoms with Crippen LogP contribution in [0.1, 0.15) is 11.1 Å². The molecule has 0 atom stereocenters. The van der Waals surface area contributed by atoms with Gasteiger partial charge in [-0.2, -0.15) is 0 Å². The topological polar surface area (TPSA) is 54.5 Å². The van der Waals surface area contributed by atoms with Crippen LogP contribution in [0, 0.1) is 26.2 Å². The molecule has 0 aliphatic rings. The number of rotatable bonds is 1. The monoisotopic (exact) mass is 613 g/mol. The molecule has 6 aromatic rings. The predicted molar refractivity (Wildman–Crippen MR) is 124 cm³/mol. The van der Waals surface area contributed by atoms with Crippen LogP contribution in [0.2, 0.25) is 0 Å². The first-order valence-corrected chi connectivity index (χ1v) is 10.4. The number of pyridine rings is 1.